The molecule has 1 aliphatic carbocycles. The van der Waals surface area contributed by atoms with Gasteiger partial charge in [-0.25, -0.2) is 0 Å². The molecule has 98 valence electrons. The van der Waals surface area contributed by atoms with Gasteiger partial charge in [0, 0.05) is 26.2 Å². The number of carbonyl (C=O) groups excluding carboxylic acids is 1. The number of Topliss-reactive ketones (excluding diaryl/α,β-unsaturated/α-hetero) is 1. The standard InChI is InChI=1S/C14H24O3/c1-3-14(4-2)12(15)9-13(14)17-10-11-5-7-16-8-6-11/h11,13H,3-10H2,1-2H3. The van der Waals surface area contributed by atoms with Crippen molar-refractivity contribution in [1.82, 2.24) is 0 Å². The molecule has 2 aliphatic rings. The van der Waals surface area contributed by atoms with Crippen LogP contribution in [0.5, 0.6) is 0 Å². The molecule has 0 aromatic heterocycles. The fourth-order valence-electron chi connectivity index (χ4n) is 3.10. The lowest BCUT2D eigenvalue weighted by atomic mass is 9.61. The van der Waals surface area contributed by atoms with Crippen LogP contribution < -0.4 is 0 Å². The van der Waals surface area contributed by atoms with Crippen LogP contribution in [0.3, 0.4) is 0 Å². The molecule has 0 aromatic rings. The van der Waals surface area contributed by atoms with E-state index in [1.807, 2.05) is 0 Å². The highest BCUT2D eigenvalue weighted by Crippen LogP contribution is 2.45. The first-order chi connectivity index (χ1) is 8.23. The molecule has 2 fully saturated rings. The van der Waals surface area contributed by atoms with E-state index in [0.717, 1.165) is 45.5 Å². The van der Waals surface area contributed by atoms with Gasteiger partial charge in [-0.1, -0.05) is 13.8 Å². The molecule has 2 rings (SSSR count). The molecule has 0 radical (unpaired) electrons. The van der Waals surface area contributed by atoms with Crippen LogP contribution in [0.15, 0.2) is 0 Å². The Morgan fingerprint density at radius 2 is 1.94 bits per heavy atom. The fraction of sp³-hybridized carbons (Fsp3) is 0.929. The monoisotopic (exact) mass is 240 g/mol. The molecule has 0 amide bonds. The molecule has 0 spiro atoms. The number of rotatable bonds is 5. The predicted octanol–water partition coefficient (Wildman–Crippen LogP) is 2.58. The second-order valence-corrected chi connectivity index (χ2v) is 5.37. The summed E-state index contributed by atoms with van der Waals surface area (Å²) in [6.07, 6.45) is 4.84. The lowest BCUT2D eigenvalue weighted by Crippen LogP contribution is -2.55. The van der Waals surface area contributed by atoms with Gasteiger partial charge in [0.25, 0.3) is 0 Å². The third-order valence-corrected chi connectivity index (χ3v) is 4.68. The number of hydrogen-bond donors (Lipinski definition) is 0. The van der Waals surface area contributed by atoms with E-state index in [2.05, 4.69) is 13.8 Å². The smallest absolute Gasteiger partial charge is 0.144 e. The van der Waals surface area contributed by atoms with Gasteiger partial charge in [0.1, 0.15) is 5.78 Å². The van der Waals surface area contributed by atoms with Crippen molar-refractivity contribution < 1.29 is 14.3 Å². The molecule has 0 bridgehead atoms. The maximum atomic E-state index is 11.8. The summed E-state index contributed by atoms with van der Waals surface area (Å²) in [7, 11) is 0. The van der Waals surface area contributed by atoms with Gasteiger partial charge in [0.15, 0.2) is 0 Å². The van der Waals surface area contributed by atoms with Gasteiger partial charge >= 0.3 is 0 Å². The summed E-state index contributed by atoms with van der Waals surface area (Å²) in [5.74, 6) is 1.03. The minimum atomic E-state index is -0.162. The van der Waals surface area contributed by atoms with E-state index in [9.17, 15) is 4.79 Å². The summed E-state index contributed by atoms with van der Waals surface area (Å²) in [5, 5.41) is 0. The summed E-state index contributed by atoms with van der Waals surface area (Å²) < 4.78 is 11.3. The first kappa shape index (κ1) is 13.0. The van der Waals surface area contributed by atoms with Crippen LogP contribution in [-0.4, -0.2) is 31.7 Å². The highest BCUT2D eigenvalue weighted by Gasteiger charge is 2.52. The molecular weight excluding hydrogens is 216 g/mol. The summed E-state index contributed by atoms with van der Waals surface area (Å²) in [4.78, 5) is 11.8. The molecule has 1 unspecified atom stereocenters. The second kappa shape index (κ2) is 5.49. The normalized spacial score (nSPS) is 29.1. The largest absolute Gasteiger partial charge is 0.381 e. The van der Waals surface area contributed by atoms with Crippen LogP contribution in [0, 0.1) is 11.3 Å². The molecule has 1 saturated carbocycles. The van der Waals surface area contributed by atoms with Crippen molar-refractivity contribution >= 4 is 5.78 Å². The summed E-state index contributed by atoms with van der Waals surface area (Å²) >= 11 is 0. The van der Waals surface area contributed by atoms with E-state index < -0.39 is 0 Å². The summed E-state index contributed by atoms with van der Waals surface area (Å²) in [6.45, 7) is 6.74. The molecule has 0 N–H and O–H groups in total. The molecule has 17 heavy (non-hydrogen) atoms. The van der Waals surface area contributed by atoms with E-state index in [1.165, 1.54) is 0 Å². The van der Waals surface area contributed by atoms with E-state index in [4.69, 9.17) is 9.47 Å². The Bertz CT molecular complexity index is 265. The maximum Gasteiger partial charge on any atom is 0.144 e. The predicted molar refractivity (Wildman–Crippen MR) is 65.9 cm³/mol. The lowest BCUT2D eigenvalue weighted by molar-refractivity contribution is -0.168. The maximum absolute atomic E-state index is 11.8. The molecule has 1 atom stereocenters. The van der Waals surface area contributed by atoms with E-state index in [-0.39, 0.29) is 11.5 Å². The van der Waals surface area contributed by atoms with Crippen LogP contribution in [0.25, 0.3) is 0 Å². The third-order valence-electron chi connectivity index (χ3n) is 4.68. The van der Waals surface area contributed by atoms with Crippen molar-refractivity contribution in [2.45, 2.75) is 52.1 Å². The van der Waals surface area contributed by atoms with Crippen molar-refractivity contribution in [3.63, 3.8) is 0 Å². The van der Waals surface area contributed by atoms with Gasteiger partial charge in [0.2, 0.25) is 0 Å². The Morgan fingerprint density at radius 3 is 2.47 bits per heavy atom. The number of carbonyl (C=O) groups is 1. The highest BCUT2D eigenvalue weighted by molar-refractivity contribution is 5.92. The Hall–Kier alpha value is -0.410. The summed E-state index contributed by atoms with van der Waals surface area (Å²) in [6, 6.07) is 0. The Balaban J connectivity index is 1.81. The zero-order chi connectivity index (χ0) is 12.3. The first-order valence-electron chi connectivity index (χ1n) is 6.95. The second-order valence-electron chi connectivity index (χ2n) is 5.37. The Morgan fingerprint density at radius 1 is 1.29 bits per heavy atom. The third kappa shape index (κ3) is 2.41. The molecule has 3 heteroatoms. The highest BCUT2D eigenvalue weighted by atomic mass is 16.5. The molecule has 1 aliphatic heterocycles. The number of hydrogen-bond acceptors (Lipinski definition) is 3. The Kier molecular flexibility index (Phi) is 4.21. The van der Waals surface area contributed by atoms with Crippen molar-refractivity contribution in [1.29, 1.82) is 0 Å². The molecule has 1 heterocycles. The van der Waals surface area contributed by atoms with Crippen LogP contribution in [0.1, 0.15) is 46.0 Å². The zero-order valence-electron chi connectivity index (χ0n) is 11.0. The van der Waals surface area contributed by atoms with Crippen LogP contribution >= 0.6 is 0 Å². The molecule has 1 saturated heterocycles. The average Bonchev–Trinajstić information content (AvgIpc) is 2.37. The molecule has 0 aromatic carbocycles. The van der Waals surface area contributed by atoms with Crippen LogP contribution in [0.4, 0.5) is 0 Å². The minimum absolute atomic E-state index is 0.162. The van der Waals surface area contributed by atoms with Gasteiger partial charge in [-0.2, -0.15) is 0 Å². The minimum Gasteiger partial charge on any atom is -0.381 e. The van der Waals surface area contributed by atoms with Gasteiger partial charge in [-0.3, -0.25) is 4.79 Å². The van der Waals surface area contributed by atoms with Crippen molar-refractivity contribution in [3.8, 4) is 0 Å². The van der Waals surface area contributed by atoms with E-state index >= 15 is 0 Å². The van der Waals surface area contributed by atoms with Gasteiger partial charge in [-0.15, -0.1) is 0 Å². The lowest BCUT2D eigenvalue weighted by Gasteiger charge is -2.47. The number of ether oxygens (including phenoxy) is 2. The quantitative estimate of drug-likeness (QED) is 0.741. The topological polar surface area (TPSA) is 35.5 Å². The van der Waals surface area contributed by atoms with Gasteiger partial charge < -0.3 is 9.47 Å². The average molecular weight is 240 g/mol. The van der Waals surface area contributed by atoms with Crippen molar-refractivity contribution in [2.24, 2.45) is 11.3 Å². The Labute approximate surface area is 104 Å². The molecule has 3 nitrogen and oxygen atoms in total. The molecular formula is C14H24O3. The van der Waals surface area contributed by atoms with E-state index in [1.54, 1.807) is 0 Å². The van der Waals surface area contributed by atoms with E-state index in [0.29, 0.717) is 18.1 Å². The van der Waals surface area contributed by atoms with Crippen LogP contribution in [-0.2, 0) is 14.3 Å². The fourth-order valence-corrected chi connectivity index (χ4v) is 3.10. The van der Waals surface area contributed by atoms with Crippen molar-refractivity contribution in [3.05, 3.63) is 0 Å². The summed E-state index contributed by atoms with van der Waals surface area (Å²) in [5.41, 5.74) is -0.162. The SMILES string of the molecule is CCC1(CC)C(=O)CC1OCC1CCOCC1. The zero-order valence-corrected chi connectivity index (χ0v) is 11.0. The first-order valence-corrected chi connectivity index (χ1v) is 6.95. The van der Waals surface area contributed by atoms with Crippen LogP contribution in [0.2, 0.25) is 0 Å². The van der Waals surface area contributed by atoms with Crippen molar-refractivity contribution in [2.75, 3.05) is 19.8 Å². The number of ketones is 1. The van der Waals surface area contributed by atoms with Gasteiger partial charge in [0.05, 0.1) is 11.5 Å². The van der Waals surface area contributed by atoms with Gasteiger partial charge in [-0.05, 0) is 31.6 Å².